The van der Waals surface area contributed by atoms with Crippen molar-refractivity contribution in [1.29, 1.82) is 0 Å². The summed E-state index contributed by atoms with van der Waals surface area (Å²) < 4.78 is 1.41. The molecule has 1 aromatic rings. The number of aromatic amines is 1. The van der Waals surface area contributed by atoms with E-state index in [4.69, 9.17) is 0 Å². The summed E-state index contributed by atoms with van der Waals surface area (Å²) >= 11 is 0. The fraction of sp³-hybridized carbons (Fsp3) is 0.714. The van der Waals surface area contributed by atoms with Gasteiger partial charge in [0.25, 0.3) is 5.56 Å². The molecule has 0 aliphatic heterocycles. The van der Waals surface area contributed by atoms with Gasteiger partial charge in [0.05, 0.1) is 5.56 Å². The highest BCUT2D eigenvalue weighted by Crippen LogP contribution is 2.37. The van der Waals surface area contributed by atoms with Crippen LogP contribution in [0.2, 0.25) is 0 Å². The molecule has 106 valence electrons. The van der Waals surface area contributed by atoms with Crippen LogP contribution in [0.5, 0.6) is 5.88 Å². The lowest BCUT2D eigenvalue weighted by molar-refractivity contribution is 0.207. The van der Waals surface area contributed by atoms with Gasteiger partial charge in [-0.25, -0.2) is 4.79 Å². The van der Waals surface area contributed by atoms with Crippen molar-refractivity contribution in [2.75, 3.05) is 0 Å². The number of aromatic hydroxyl groups is 1. The second kappa shape index (κ2) is 5.63. The van der Waals surface area contributed by atoms with Gasteiger partial charge in [0.2, 0.25) is 5.88 Å². The van der Waals surface area contributed by atoms with E-state index in [1.807, 2.05) is 0 Å². The van der Waals surface area contributed by atoms with E-state index in [0.29, 0.717) is 17.9 Å². The van der Waals surface area contributed by atoms with Crippen LogP contribution in [0, 0.1) is 5.92 Å². The molecule has 2 unspecified atom stereocenters. The molecule has 1 aliphatic carbocycles. The number of hydrogen-bond acceptors (Lipinski definition) is 3. The van der Waals surface area contributed by atoms with E-state index in [2.05, 4.69) is 11.9 Å². The third-order valence-electron chi connectivity index (χ3n) is 4.29. The number of nitrogens with one attached hydrogen (secondary N) is 1. The maximum atomic E-state index is 12.0. The smallest absolute Gasteiger partial charge is 0.331 e. The molecule has 1 aliphatic rings. The zero-order valence-electron chi connectivity index (χ0n) is 11.6. The van der Waals surface area contributed by atoms with Crippen molar-refractivity contribution in [1.82, 2.24) is 9.55 Å². The molecule has 1 fully saturated rings. The first kappa shape index (κ1) is 13.9. The van der Waals surface area contributed by atoms with Gasteiger partial charge < -0.3 is 5.11 Å². The minimum atomic E-state index is -0.481. The Labute approximate surface area is 112 Å². The molecular weight excluding hydrogens is 244 g/mol. The van der Waals surface area contributed by atoms with Gasteiger partial charge in [0.15, 0.2) is 0 Å². The highest BCUT2D eigenvalue weighted by molar-refractivity contribution is 5.23. The van der Waals surface area contributed by atoms with Crippen LogP contribution >= 0.6 is 0 Å². The summed E-state index contributed by atoms with van der Waals surface area (Å²) in [6, 6.07) is 0.00778. The largest absolute Gasteiger partial charge is 0.494 e. The van der Waals surface area contributed by atoms with Crippen molar-refractivity contribution in [3.8, 4) is 5.88 Å². The third-order valence-corrected chi connectivity index (χ3v) is 4.29. The molecular formula is C14H22N2O3. The number of aromatic nitrogens is 2. The van der Waals surface area contributed by atoms with E-state index in [1.54, 1.807) is 6.92 Å². The molecule has 1 heterocycles. The van der Waals surface area contributed by atoms with E-state index in [1.165, 1.54) is 11.0 Å². The lowest BCUT2D eigenvalue weighted by Gasteiger charge is -2.32. The first-order chi connectivity index (χ1) is 9.10. The van der Waals surface area contributed by atoms with Crippen LogP contribution in [0.1, 0.15) is 57.6 Å². The van der Waals surface area contributed by atoms with Crippen molar-refractivity contribution in [3.05, 3.63) is 26.4 Å². The van der Waals surface area contributed by atoms with Gasteiger partial charge in [-0.1, -0.05) is 33.1 Å². The summed E-state index contributed by atoms with van der Waals surface area (Å²) in [6.45, 7) is 3.91. The van der Waals surface area contributed by atoms with E-state index in [9.17, 15) is 14.7 Å². The van der Waals surface area contributed by atoms with E-state index in [0.717, 1.165) is 25.7 Å². The van der Waals surface area contributed by atoms with E-state index < -0.39 is 11.2 Å². The molecule has 1 aromatic heterocycles. The molecule has 5 heteroatoms. The Morgan fingerprint density at radius 1 is 1.26 bits per heavy atom. The minimum Gasteiger partial charge on any atom is -0.494 e. The molecule has 2 atom stereocenters. The predicted molar refractivity (Wildman–Crippen MR) is 73.7 cm³/mol. The van der Waals surface area contributed by atoms with Crippen molar-refractivity contribution in [2.24, 2.45) is 5.92 Å². The molecule has 5 nitrogen and oxygen atoms in total. The lowest BCUT2D eigenvalue weighted by Crippen LogP contribution is -2.37. The fourth-order valence-corrected chi connectivity index (χ4v) is 3.21. The predicted octanol–water partition coefficient (Wildman–Crippen LogP) is 1.95. The second-order valence-electron chi connectivity index (χ2n) is 5.31. The molecule has 2 N–H and O–H groups in total. The van der Waals surface area contributed by atoms with Crippen molar-refractivity contribution in [3.63, 3.8) is 0 Å². The molecule has 0 aromatic carbocycles. The van der Waals surface area contributed by atoms with Crippen LogP contribution in [0.25, 0.3) is 0 Å². The van der Waals surface area contributed by atoms with Crippen LogP contribution in [0.4, 0.5) is 0 Å². The first-order valence-corrected chi connectivity index (χ1v) is 7.16. The van der Waals surface area contributed by atoms with Crippen LogP contribution in [0.15, 0.2) is 9.59 Å². The van der Waals surface area contributed by atoms with Gasteiger partial charge in [-0.2, -0.15) is 0 Å². The summed E-state index contributed by atoms with van der Waals surface area (Å²) in [7, 11) is 0. The monoisotopic (exact) mass is 266 g/mol. The second-order valence-corrected chi connectivity index (χ2v) is 5.31. The Morgan fingerprint density at radius 2 is 1.95 bits per heavy atom. The van der Waals surface area contributed by atoms with Gasteiger partial charge in [0, 0.05) is 6.04 Å². The summed E-state index contributed by atoms with van der Waals surface area (Å²) in [6.07, 6.45) is 5.61. The van der Waals surface area contributed by atoms with Crippen molar-refractivity contribution < 1.29 is 5.11 Å². The quantitative estimate of drug-likeness (QED) is 0.878. The Kier molecular flexibility index (Phi) is 4.12. The molecule has 0 saturated heterocycles. The topological polar surface area (TPSA) is 75.1 Å². The Bertz CT molecular complexity index is 559. The first-order valence-electron chi connectivity index (χ1n) is 7.16. The number of nitrogens with zero attached hydrogens (tertiary/aromatic N) is 1. The maximum absolute atomic E-state index is 12.0. The zero-order valence-corrected chi connectivity index (χ0v) is 11.6. The van der Waals surface area contributed by atoms with Crippen molar-refractivity contribution >= 4 is 0 Å². The van der Waals surface area contributed by atoms with Crippen LogP contribution in [-0.2, 0) is 6.42 Å². The van der Waals surface area contributed by atoms with Gasteiger partial charge in [-0.05, 0) is 25.2 Å². The minimum absolute atomic E-state index is 0.00778. The van der Waals surface area contributed by atoms with Crippen molar-refractivity contribution in [2.45, 2.75) is 58.4 Å². The van der Waals surface area contributed by atoms with Crippen LogP contribution < -0.4 is 11.2 Å². The molecule has 0 bridgehead atoms. The molecule has 0 spiro atoms. The highest BCUT2D eigenvalue weighted by Gasteiger charge is 2.29. The normalized spacial score (nSPS) is 23.5. The van der Waals surface area contributed by atoms with Gasteiger partial charge in [-0.3, -0.25) is 14.3 Å². The average molecular weight is 266 g/mol. The van der Waals surface area contributed by atoms with Crippen LogP contribution in [-0.4, -0.2) is 14.7 Å². The lowest BCUT2D eigenvalue weighted by atomic mass is 9.82. The SMILES string of the molecule is CCc1c(O)n(C2CCCCC2CC)c(=O)[nH]c1=O. The summed E-state index contributed by atoms with van der Waals surface area (Å²) in [4.78, 5) is 26.0. The maximum Gasteiger partial charge on any atom is 0.331 e. The van der Waals surface area contributed by atoms with E-state index in [-0.39, 0.29) is 11.9 Å². The fourth-order valence-electron chi connectivity index (χ4n) is 3.21. The Morgan fingerprint density at radius 3 is 2.58 bits per heavy atom. The molecule has 0 radical (unpaired) electrons. The number of hydrogen-bond donors (Lipinski definition) is 2. The van der Waals surface area contributed by atoms with Gasteiger partial charge in [0.1, 0.15) is 0 Å². The highest BCUT2D eigenvalue weighted by atomic mass is 16.3. The third kappa shape index (κ3) is 2.46. The number of rotatable bonds is 3. The van der Waals surface area contributed by atoms with E-state index >= 15 is 0 Å². The standard InChI is InChI=1S/C14H22N2O3/c1-3-9-7-5-6-8-11(9)16-13(18)10(4-2)12(17)15-14(16)19/h9,11,18H,3-8H2,1-2H3,(H,15,17,19). The van der Waals surface area contributed by atoms with Gasteiger partial charge >= 0.3 is 5.69 Å². The van der Waals surface area contributed by atoms with Crippen LogP contribution in [0.3, 0.4) is 0 Å². The molecule has 2 rings (SSSR count). The Balaban J connectivity index is 2.55. The average Bonchev–Trinajstić information content (AvgIpc) is 2.39. The zero-order chi connectivity index (χ0) is 14.0. The Hall–Kier alpha value is -1.52. The molecule has 0 amide bonds. The van der Waals surface area contributed by atoms with Gasteiger partial charge in [-0.15, -0.1) is 0 Å². The number of H-pyrrole nitrogens is 1. The summed E-state index contributed by atoms with van der Waals surface area (Å²) in [5, 5.41) is 10.3. The summed E-state index contributed by atoms with van der Waals surface area (Å²) in [5.74, 6) is 0.259. The molecule has 19 heavy (non-hydrogen) atoms. The molecule has 1 saturated carbocycles. The summed E-state index contributed by atoms with van der Waals surface area (Å²) in [5.41, 5.74) is -0.643.